The van der Waals surface area contributed by atoms with Gasteiger partial charge in [-0.2, -0.15) is 0 Å². The Hall–Kier alpha value is -4.17. The summed E-state index contributed by atoms with van der Waals surface area (Å²) in [7, 11) is 2.90. The van der Waals surface area contributed by atoms with E-state index in [0.717, 1.165) is 22.4 Å². The maximum atomic E-state index is 12.4. The highest BCUT2D eigenvalue weighted by atomic mass is 32.1. The number of nitrogens with one attached hydrogen (secondary N) is 1. The second kappa shape index (κ2) is 10.6. The second-order valence-corrected chi connectivity index (χ2v) is 8.00. The molecule has 3 aromatic carbocycles. The van der Waals surface area contributed by atoms with Crippen molar-refractivity contribution in [3.8, 4) is 33.9 Å². The first-order valence-corrected chi connectivity index (χ1v) is 11.3. The SMILES string of the molecule is COc1cccc(C(=O)OCC(=O)Nc2nc(-c3ccc(-c4ccccc4)cc3)cs2)c1OC. The van der Waals surface area contributed by atoms with Gasteiger partial charge >= 0.3 is 5.97 Å². The number of ether oxygens (including phenoxy) is 3. The van der Waals surface area contributed by atoms with Crippen LogP contribution < -0.4 is 14.8 Å². The van der Waals surface area contributed by atoms with Crippen LogP contribution in [0.3, 0.4) is 0 Å². The lowest BCUT2D eigenvalue weighted by atomic mass is 10.0. The number of hydrogen-bond acceptors (Lipinski definition) is 7. The summed E-state index contributed by atoms with van der Waals surface area (Å²) in [4.78, 5) is 29.2. The lowest BCUT2D eigenvalue weighted by Gasteiger charge is -2.11. The van der Waals surface area contributed by atoms with Crippen molar-refractivity contribution in [1.29, 1.82) is 0 Å². The van der Waals surface area contributed by atoms with Gasteiger partial charge in [-0.1, -0.05) is 60.7 Å². The van der Waals surface area contributed by atoms with E-state index >= 15 is 0 Å². The predicted molar refractivity (Wildman–Crippen MR) is 131 cm³/mol. The Bertz CT molecular complexity index is 1290. The number of amides is 1. The molecule has 0 saturated heterocycles. The molecule has 8 heteroatoms. The number of nitrogens with zero attached hydrogens (tertiary/aromatic N) is 1. The van der Waals surface area contributed by atoms with Gasteiger partial charge in [0.1, 0.15) is 5.56 Å². The number of benzene rings is 3. The highest BCUT2D eigenvalue weighted by Crippen LogP contribution is 2.31. The average molecular weight is 475 g/mol. The third kappa shape index (κ3) is 5.24. The lowest BCUT2D eigenvalue weighted by Crippen LogP contribution is -2.21. The number of anilines is 1. The molecule has 0 fully saturated rings. The van der Waals surface area contributed by atoms with E-state index in [1.807, 2.05) is 47.8 Å². The summed E-state index contributed by atoms with van der Waals surface area (Å²) in [5.41, 5.74) is 4.11. The zero-order chi connectivity index (χ0) is 23.9. The van der Waals surface area contributed by atoms with Gasteiger partial charge in [-0.3, -0.25) is 10.1 Å². The minimum Gasteiger partial charge on any atom is -0.493 e. The van der Waals surface area contributed by atoms with Gasteiger partial charge in [0, 0.05) is 10.9 Å². The maximum absolute atomic E-state index is 12.4. The monoisotopic (exact) mass is 474 g/mol. The summed E-state index contributed by atoms with van der Waals surface area (Å²) >= 11 is 1.29. The maximum Gasteiger partial charge on any atom is 0.342 e. The smallest absolute Gasteiger partial charge is 0.342 e. The number of rotatable bonds is 8. The summed E-state index contributed by atoms with van der Waals surface area (Å²) in [5, 5.41) is 4.94. The van der Waals surface area contributed by atoms with Crippen LogP contribution in [0.25, 0.3) is 22.4 Å². The van der Waals surface area contributed by atoms with E-state index in [2.05, 4.69) is 22.4 Å². The van der Waals surface area contributed by atoms with Crippen LogP contribution >= 0.6 is 11.3 Å². The molecule has 1 aromatic heterocycles. The number of para-hydroxylation sites is 1. The van der Waals surface area contributed by atoms with Crippen LogP contribution in [-0.2, 0) is 9.53 Å². The van der Waals surface area contributed by atoms with Gasteiger partial charge in [-0.25, -0.2) is 9.78 Å². The fourth-order valence-electron chi connectivity index (χ4n) is 3.34. The van der Waals surface area contributed by atoms with E-state index < -0.39 is 18.5 Å². The molecule has 0 aliphatic heterocycles. The van der Waals surface area contributed by atoms with E-state index in [0.29, 0.717) is 10.9 Å². The highest BCUT2D eigenvalue weighted by Gasteiger charge is 2.19. The first-order chi connectivity index (χ1) is 16.6. The molecule has 1 amide bonds. The number of methoxy groups -OCH3 is 2. The summed E-state index contributed by atoms with van der Waals surface area (Å²) < 4.78 is 15.6. The largest absolute Gasteiger partial charge is 0.493 e. The standard InChI is InChI=1S/C26H22N2O5S/c1-31-22-10-6-9-20(24(22)32-2)25(30)33-15-23(29)28-26-27-21(16-34-26)19-13-11-18(12-14-19)17-7-4-3-5-8-17/h3-14,16H,15H2,1-2H3,(H,27,28,29). The molecule has 0 unspecified atom stereocenters. The van der Waals surface area contributed by atoms with Gasteiger partial charge in [-0.15, -0.1) is 11.3 Å². The minimum absolute atomic E-state index is 0.171. The molecule has 0 bridgehead atoms. The van der Waals surface area contributed by atoms with Gasteiger partial charge in [0.05, 0.1) is 19.9 Å². The number of hydrogen-bond donors (Lipinski definition) is 1. The Morgan fingerprint density at radius 3 is 2.26 bits per heavy atom. The molecule has 1 N–H and O–H groups in total. The zero-order valence-corrected chi connectivity index (χ0v) is 19.4. The summed E-state index contributed by atoms with van der Waals surface area (Å²) in [6, 6.07) is 23.0. The van der Waals surface area contributed by atoms with Gasteiger partial charge < -0.3 is 14.2 Å². The summed E-state index contributed by atoms with van der Waals surface area (Å²) in [6.45, 7) is -0.458. The second-order valence-electron chi connectivity index (χ2n) is 7.15. The van der Waals surface area contributed by atoms with Crippen LogP contribution in [0, 0.1) is 0 Å². The topological polar surface area (TPSA) is 86.8 Å². The Balaban J connectivity index is 1.35. The van der Waals surface area contributed by atoms with E-state index in [1.165, 1.54) is 31.6 Å². The molecule has 1 heterocycles. The fraction of sp³-hybridized carbons (Fsp3) is 0.115. The van der Waals surface area contributed by atoms with Crippen molar-refractivity contribution >= 4 is 28.3 Å². The molecule has 0 atom stereocenters. The van der Waals surface area contributed by atoms with Crippen molar-refractivity contribution < 1.29 is 23.8 Å². The number of carbonyl (C=O) groups is 2. The number of thiazole rings is 1. The fourth-order valence-corrected chi connectivity index (χ4v) is 4.08. The first kappa shape index (κ1) is 23.0. The van der Waals surface area contributed by atoms with Crippen LogP contribution in [0.15, 0.2) is 78.2 Å². The molecule has 172 valence electrons. The van der Waals surface area contributed by atoms with Crippen molar-refractivity contribution in [1.82, 2.24) is 4.98 Å². The molecule has 4 aromatic rings. The van der Waals surface area contributed by atoms with E-state index in [-0.39, 0.29) is 11.3 Å². The first-order valence-electron chi connectivity index (χ1n) is 10.4. The molecule has 7 nitrogen and oxygen atoms in total. The molecule has 0 aliphatic carbocycles. The van der Waals surface area contributed by atoms with E-state index in [1.54, 1.807) is 12.1 Å². The third-order valence-electron chi connectivity index (χ3n) is 5.00. The van der Waals surface area contributed by atoms with Crippen LogP contribution in [0.2, 0.25) is 0 Å². The van der Waals surface area contributed by atoms with Crippen molar-refractivity contribution in [2.75, 3.05) is 26.1 Å². The minimum atomic E-state index is -0.691. The van der Waals surface area contributed by atoms with Crippen LogP contribution in [0.4, 0.5) is 5.13 Å². The summed E-state index contributed by atoms with van der Waals surface area (Å²) in [6.07, 6.45) is 0. The zero-order valence-electron chi connectivity index (χ0n) is 18.6. The van der Waals surface area contributed by atoms with Crippen molar-refractivity contribution in [3.05, 3.63) is 83.7 Å². The normalized spacial score (nSPS) is 10.4. The number of esters is 1. The molecule has 34 heavy (non-hydrogen) atoms. The lowest BCUT2D eigenvalue weighted by molar-refractivity contribution is -0.119. The number of carbonyl (C=O) groups excluding carboxylic acids is 2. The van der Waals surface area contributed by atoms with Crippen LogP contribution in [0.5, 0.6) is 11.5 Å². The molecule has 0 aliphatic rings. The Labute approximate surface area is 201 Å². The molecule has 0 spiro atoms. The van der Waals surface area contributed by atoms with Crippen LogP contribution in [-0.4, -0.2) is 37.7 Å². The molecule has 0 saturated carbocycles. The molecule has 0 radical (unpaired) electrons. The third-order valence-corrected chi connectivity index (χ3v) is 5.75. The number of aromatic nitrogens is 1. The average Bonchev–Trinajstić information content (AvgIpc) is 3.35. The van der Waals surface area contributed by atoms with Gasteiger partial charge in [-0.05, 0) is 23.3 Å². The van der Waals surface area contributed by atoms with Crippen molar-refractivity contribution in [2.45, 2.75) is 0 Å². The van der Waals surface area contributed by atoms with E-state index in [9.17, 15) is 9.59 Å². The predicted octanol–water partition coefficient (Wildman–Crippen LogP) is 5.29. The van der Waals surface area contributed by atoms with Crippen LogP contribution in [0.1, 0.15) is 10.4 Å². The van der Waals surface area contributed by atoms with Gasteiger partial charge in [0.2, 0.25) is 0 Å². The van der Waals surface area contributed by atoms with Crippen molar-refractivity contribution in [2.24, 2.45) is 0 Å². The summed E-state index contributed by atoms with van der Waals surface area (Å²) in [5.74, 6) is -0.536. The molecular formula is C26H22N2O5S. The van der Waals surface area contributed by atoms with Gasteiger partial charge in [0.25, 0.3) is 5.91 Å². The molecular weight excluding hydrogens is 452 g/mol. The van der Waals surface area contributed by atoms with E-state index in [4.69, 9.17) is 14.2 Å². The van der Waals surface area contributed by atoms with Crippen molar-refractivity contribution in [3.63, 3.8) is 0 Å². The Morgan fingerprint density at radius 2 is 1.56 bits per heavy atom. The quantitative estimate of drug-likeness (QED) is 0.349. The Kier molecular flexibility index (Phi) is 7.19. The molecule has 4 rings (SSSR count). The highest BCUT2D eigenvalue weighted by molar-refractivity contribution is 7.14. The van der Waals surface area contributed by atoms with Gasteiger partial charge in [0.15, 0.2) is 23.2 Å². The Morgan fingerprint density at radius 1 is 0.853 bits per heavy atom.